The number of halogens is 1. The van der Waals surface area contributed by atoms with Crippen LogP contribution < -0.4 is 14.8 Å². The van der Waals surface area contributed by atoms with Gasteiger partial charge in [-0.05, 0) is 54.8 Å². The van der Waals surface area contributed by atoms with Gasteiger partial charge in [0, 0.05) is 17.5 Å². The second-order valence-corrected chi connectivity index (χ2v) is 9.44. The van der Waals surface area contributed by atoms with Crippen molar-refractivity contribution in [1.82, 2.24) is 4.72 Å². The van der Waals surface area contributed by atoms with Crippen LogP contribution in [0.5, 0.6) is 5.75 Å². The molecule has 0 aliphatic rings. The van der Waals surface area contributed by atoms with Gasteiger partial charge in [-0.25, -0.2) is 13.1 Å². The Morgan fingerprint density at radius 2 is 1.72 bits per heavy atom. The normalized spacial score (nSPS) is 12.2. The van der Waals surface area contributed by atoms with E-state index in [-0.39, 0.29) is 23.3 Å². The lowest BCUT2D eigenvalue weighted by atomic mass is 10.1. The molecular weight excluding hydrogens is 448 g/mol. The summed E-state index contributed by atoms with van der Waals surface area (Å²) in [7, 11) is -2.15. The summed E-state index contributed by atoms with van der Waals surface area (Å²) in [5.41, 5.74) is 2.24. The van der Waals surface area contributed by atoms with Gasteiger partial charge in [0.1, 0.15) is 5.75 Å². The molecule has 32 heavy (non-hydrogen) atoms. The van der Waals surface area contributed by atoms with Gasteiger partial charge in [0.05, 0.1) is 17.7 Å². The number of sulfonamides is 1. The van der Waals surface area contributed by atoms with Crippen LogP contribution in [-0.2, 0) is 21.2 Å². The SMILES string of the molecule is COc1ccc(Cl)cc1NC(=O)CCc1ccc(S(=O)(=O)N[C@@H](C)c2ccccc2)cc1. The lowest BCUT2D eigenvalue weighted by Crippen LogP contribution is -2.26. The number of carbonyl (C=O) groups is 1. The molecular formula is C24H25ClN2O4S. The Bertz CT molecular complexity index is 1170. The third kappa shape index (κ3) is 6.32. The summed E-state index contributed by atoms with van der Waals surface area (Å²) in [5, 5.41) is 3.28. The second-order valence-electron chi connectivity index (χ2n) is 7.29. The van der Waals surface area contributed by atoms with Crippen LogP contribution in [0.1, 0.15) is 30.5 Å². The van der Waals surface area contributed by atoms with E-state index in [9.17, 15) is 13.2 Å². The molecule has 1 atom stereocenters. The highest BCUT2D eigenvalue weighted by molar-refractivity contribution is 7.89. The fourth-order valence-corrected chi connectivity index (χ4v) is 4.60. The molecule has 0 aliphatic carbocycles. The molecule has 6 nitrogen and oxygen atoms in total. The lowest BCUT2D eigenvalue weighted by Gasteiger charge is -2.15. The predicted molar refractivity (Wildman–Crippen MR) is 127 cm³/mol. The Kier molecular flexibility index (Phi) is 7.90. The van der Waals surface area contributed by atoms with Crippen LogP contribution in [0.3, 0.4) is 0 Å². The van der Waals surface area contributed by atoms with E-state index in [0.29, 0.717) is 22.9 Å². The Balaban J connectivity index is 1.58. The molecule has 0 radical (unpaired) electrons. The molecule has 8 heteroatoms. The van der Waals surface area contributed by atoms with Crippen LogP contribution in [0.2, 0.25) is 5.02 Å². The molecule has 0 heterocycles. The quantitative estimate of drug-likeness (QED) is 0.461. The molecule has 0 fully saturated rings. The zero-order chi connectivity index (χ0) is 23.1. The zero-order valence-electron chi connectivity index (χ0n) is 17.8. The van der Waals surface area contributed by atoms with E-state index in [1.54, 1.807) is 49.4 Å². The standard InChI is InChI=1S/C24H25ClN2O4S/c1-17(19-6-4-3-5-7-19)27-32(29,30)21-12-8-18(9-13-21)10-15-24(28)26-22-16-20(25)11-14-23(22)31-2/h3-9,11-14,16-17,27H,10,15H2,1-2H3,(H,26,28)/t17-/m0/s1. The third-order valence-corrected chi connectivity index (χ3v) is 6.73. The van der Waals surface area contributed by atoms with Crippen molar-refractivity contribution in [3.05, 3.63) is 88.9 Å². The molecule has 0 spiro atoms. The molecule has 2 N–H and O–H groups in total. The number of rotatable bonds is 9. The molecule has 1 amide bonds. The fourth-order valence-electron chi connectivity index (χ4n) is 3.19. The van der Waals surface area contributed by atoms with Crippen LogP contribution in [0.4, 0.5) is 5.69 Å². The number of carbonyl (C=O) groups excluding carboxylic acids is 1. The maximum absolute atomic E-state index is 12.7. The molecule has 0 saturated heterocycles. The Labute approximate surface area is 193 Å². The van der Waals surface area contributed by atoms with Crippen molar-refractivity contribution in [3.63, 3.8) is 0 Å². The smallest absolute Gasteiger partial charge is 0.241 e. The highest BCUT2D eigenvalue weighted by atomic mass is 35.5. The molecule has 168 valence electrons. The van der Waals surface area contributed by atoms with Crippen molar-refractivity contribution in [2.24, 2.45) is 0 Å². The van der Waals surface area contributed by atoms with Crippen molar-refractivity contribution in [2.75, 3.05) is 12.4 Å². The molecule has 0 saturated carbocycles. The molecule has 3 aromatic carbocycles. The van der Waals surface area contributed by atoms with Crippen molar-refractivity contribution >= 4 is 33.2 Å². The molecule has 0 unspecified atom stereocenters. The summed E-state index contributed by atoms with van der Waals surface area (Å²) in [4.78, 5) is 12.5. The van der Waals surface area contributed by atoms with Crippen molar-refractivity contribution in [1.29, 1.82) is 0 Å². The molecule has 3 aromatic rings. The number of hydrogen-bond donors (Lipinski definition) is 2. The first kappa shape index (κ1) is 23.8. The van der Waals surface area contributed by atoms with Gasteiger partial charge in [0.15, 0.2) is 0 Å². The van der Waals surface area contributed by atoms with Crippen LogP contribution >= 0.6 is 11.6 Å². The minimum atomic E-state index is -3.66. The van der Waals surface area contributed by atoms with Gasteiger partial charge in [0.25, 0.3) is 0 Å². The molecule has 0 aliphatic heterocycles. The van der Waals surface area contributed by atoms with Gasteiger partial charge < -0.3 is 10.1 Å². The van der Waals surface area contributed by atoms with Gasteiger partial charge in [-0.3, -0.25) is 4.79 Å². The summed E-state index contributed by atoms with van der Waals surface area (Å²) >= 11 is 5.99. The Morgan fingerprint density at radius 3 is 2.38 bits per heavy atom. The lowest BCUT2D eigenvalue weighted by molar-refractivity contribution is -0.116. The fraction of sp³-hybridized carbons (Fsp3) is 0.208. The highest BCUT2D eigenvalue weighted by Crippen LogP contribution is 2.28. The van der Waals surface area contributed by atoms with Gasteiger partial charge in [0.2, 0.25) is 15.9 Å². The van der Waals surface area contributed by atoms with Crippen LogP contribution in [0, 0.1) is 0 Å². The molecule has 3 rings (SSSR count). The summed E-state index contributed by atoms with van der Waals surface area (Å²) in [6.45, 7) is 1.80. The number of hydrogen-bond acceptors (Lipinski definition) is 4. The summed E-state index contributed by atoms with van der Waals surface area (Å²) in [6, 6.07) is 20.5. The molecule has 0 aromatic heterocycles. The number of methoxy groups -OCH3 is 1. The first-order chi connectivity index (χ1) is 15.3. The monoisotopic (exact) mass is 472 g/mol. The van der Waals surface area contributed by atoms with Crippen LogP contribution in [0.15, 0.2) is 77.7 Å². The Hall–Kier alpha value is -2.87. The highest BCUT2D eigenvalue weighted by Gasteiger charge is 2.18. The number of aryl methyl sites for hydroxylation is 1. The first-order valence-electron chi connectivity index (χ1n) is 10.1. The van der Waals surface area contributed by atoms with E-state index in [4.69, 9.17) is 16.3 Å². The second kappa shape index (κ2) is 10.6. The number of amides is 1. The van der Waals surface area contributed by atoms with Gasteiger partial charge >= 0.3 is 0 Å². The predicted octanol–water partition coefficient (Wildman–Crippen LogP) is 4.96. The van der Waals surface area contributed by atoms with Gasteiger partial charge in [-0.15, -0.1) is 0 Å². The number of benzene rings is 3. The maximum atomic E-state index is 12.7. The Morgan fingerprint density at radius 1 is 1.03 bits per heavy atom. The van der Waals surface area contributed by atoms with Crippen molar-refractivity contribution < 1.29 is 17.9 Å². The topological polar surface area (TPSA) is 84.5 Å². The molecule has 0 bridgehead atoms. The summed E-state index contributed by atoms with van der Waals surface area (Å²) in [5.74, 6) is 0.329. The van der Waals surface area contributed by atoms with Gasteiger partial charge in [-0.2, -0.15) is 0 Å². The summed E-state index contributed by atoms with van der Waals surface area (Å²) < 4.78 is 33.3. The number of ether oxygens (including phenoxy) is 1. The van der Waals surface area contributed by atoms with Crippen molar-refractivity contribution in [2.45, 2.75) is 30.7 Å². The van der Waals surface area contributed by atoms with E-state index < -0.39 is 10.0 Å². The number of anilines is 1. The van der Waals surface area contributed by atoms with E-state index >= 15 is 0 Å². The largest absolute Gasteiger partial charge is 0.495 e. The summed E-state index contributed by atoms with van der Waals surface area (Å²) in [6.07, 6.45) is 0.688. The van der Waals surface area contributed by atoms with E-state index in [2.05, 4.69) is 10.0 Å². The average Bonchev–Trinajstić information content (AvgIpc) is 2.78. The number of nitrogens with one attached hydrogen (secondary N) is 2. The average molecular weight is 473 g/mol. The maximum Gasteiger partial charge on any atom is 0.241 e. The minimum absolute atomic E-state index is 0.178. The van der Waals surface area contributed by atoms with Crippen LogP contribution in [0.25, 0.3) is 0 Å². The third-order valence-electron chi connectivity index (χ3n) is 4.94. The van der Waals surface area contributed by atoms with Crippen molar-refractivity contribution in [3.8, 4) is 5.75 Å². The van der Waals surface area contributed by atoms with E-state index in [1.165, 1.54) is 7.11 Å². The first-order valence-corrected chi connectivity index (χ1v) is 11.9. The van der Waals surface area contributed by atoms with Crippen LogP contribution in [-0.4, -0.2) is 21.4 Å². The van der Waals surface area contributed by atoms with E-state index in [0.717, 1.165) is 11.1 Å². The van der Waals surface area contributed by atoms with Gasteiger partial charge in [-0.1, -0.05) is 54.1 Å². The minimum Gasteiger partial charge on any atom is -0.495 e. The zero-order valence-corrected chi connectivity index (χ0v) is 19.4. The van der Waals surface area contributed by atoms with E-state index in [1.807, 2.05) is 30.3 Å².